The Morgan fingerprint density at radius 2 is 1.58 bits per heavy atom. The third kappa shape index (κ3) is 5.46. The predicted molar refractivity (Wildman–Crippen MR) is 135 cm³/mol. The van der Waals surface area contributed by atoms with E-state index < -0.39 is 0 Å². The van der Waals surface area contributed by atoms with E-state index in [4.69, 9.17) is 0 Å². The number of amides is 2. The van der Waals surface area contributed by atoms with E-state index in [1.54, 1.807) is 11.8 Å². The van der Waals surface area contributed by atoms with Crippen molar-refractivity contribution in [3.05, 3.63) is 84.4 Å². The first kappa shape index (κ1) is 23.1. The van der Waals surface area contributed by atoms with Gasteiger partial charge in [-0.2, -0.15) is 0 Å². The zero-order chi connectivity index (χ0) is 23.2. The Kier molecular flexibility index (Phi) is 7.47. The number of carbonyl (C=O) groups is 2. The first-order valence-electron chi connectivity index (χ1n) is 11.3. The number of likely N-dealkylation sites (N-methyl/N-ethyl adjacent to an activating group) is 1. The molecule has 0 saturated carbocycles. The molecule has 3 aromatic rings. The maximum atomic E-state index is 13.6. The van der Waals surface area contributed by atoms with Gasteiger partial charge in [0.25, 0.3) is 0 Å². The Bertz CT molecular complexity index is 1100. The molecular weight excluding hydrogens is 430 g/mol. The second kappa shape index (κ2) is 10.7. The maximum Gasteiger partial charge on any atom is 0.241 e. The van der Waals surface area contributed by atoms with Crippen LogP contribution in [0, 0.1) is 0 Å². The Hall–Kier alpha value is -3.09. The first-order valence-corrected chi connectivity index (χ1v) is 12.2. The minimum Gasteiger partial charge on any atom is -0.324 e. The second-order valence-corrected chi connectivity index (χ2v) is 9.14. The highest BCUT2D eigenvalue weighted by molar-refractivity contribution is 7.99. The van der Waals surface area contributed by atoms with Crippen molar-refractivity contribution in [2.45, 2.75) is 36.1 Å². The molecule has 1 unspecified atom stereocenters. The molecule has 4 rings (SSSR count). The topological polar surface area (TPSA) is 52.7 Å². The Labute approximate surface area is 199 Å². The molecule has 1 aliphatic heterocycles. The van der Waals surface area contributed by atoms with E-state index in [-0.39, 0.29) is 24.3 Å². The van der Waals surface area contributed by atoms with E-state index in [9.17, 15) is 9.59 Å². The van der Waals surface area contributed by atoms with Crippen LogP contribution in [0.4, 0.5) is 11.4 Å². The van der Waals surface area contributed by atoms with Crippen LogP contribution in [-0.4, -0.2) is 36.3 Å². The predicted octanol–water partition coefficient (Wildman–Crippen LogP) is 5.60. The SMILES string of the molecule is CCN(CC)CC(=O)N1c2ccccc2NC(=O)CC1c1ccc(Sc2ccccc2)cc1. The van der Waals surface area contributed by atoms with Crippen molar-refractivity contribution < 1.29 is 9.59 Å². The number of rotatable bonds is 7. The van der Waals surface area contributed by atoms with Crippen LogP contribution in [0.3, 0.4) is 0 Å². The molecule has 170 valence electrons. The number of carbonyl (C=O) groups excluding carboxylic acids is 2. The smallest absolute Gasteiger partial charge is 0.241 e. The Morgan fingerprint density at radius 3 is 2.27 bits per heavy atom. The van der Waals surface area contributed by atoms with Gasteiger partial charge in [-0.05, 0) is 55.1 Å². The molecule has 33 heavy (non-hydrogen) atoms. The van der Waals surface area contributed by atoms with E-state index in [0.717, 1.165) is 29.2 Å². The summed E-state index contributed by atoms with van der Waals surface area (Å²) in [4.78, 5) is 32.6. The van der Waals surface area contributed by atoms with Gasteiger partial charge in [0.15, 0.2) is 0 Å². The number of benzene rings is 3. The van der Waals surface area contributed by atoms with Crippen molar-refractivity contribution in [1.29, 1.82) is 0 Å². The molecule has 1 N–H and O–H groups in total. The first-order chi connectivity index (χ1) is 16.1. The lowest BCUT2D eigenvalue weighted by molar-refractivity contribution is -0.120. The zero-order valence-corrected chi connectivity index (χ0v) is 19.8. The summed E-state index contributed by atoms with van der Waals surface area (Å²) in [5, 5.41) is 2.98. The molecule has 0 fully saturated rings. The van der Waals surface area contributed by atoms with Gasteiger partial charge in [0.05, 0.1) is 30.4 Å². The number of fused-ring (bicyclic) bond motifs is 1. The van der Waals surface area contributed by atoms with Crippen molar-refractivity contribution in [2.24, 2.45) is 0 Å². The van der Waals surface area contributed by atoms with Gasteiger partial charge in [-0.25, -0.2) is 0 Å². The molecule has 2 amide bonds. The summed E-state index contributed by atoms with van der Waals surface area (Å²) in [7, 11) is 0. The summed E-state index contributed by atoms with van der Waals surface area (Å²) in [5.41, 5.74) is 2.37. The normalized spacial score (nSPS) is 15.7. The molecule has 0 radical (unpaired) electrons. The van der Waals surface area contributed by atoms with Crippen molar-refractivity contribution in [1.82, 2.24) is 4.90 Å². The Morgan fingerprint density at radius 1 is 0.939 bits per heavy atom. The number of nitrogens with one attached hydrogen (secondary N) is 1. The number of para-hydroxylation sites is 2. The standard InChI is InChI=1S/C27H29N3O2S/c1-3-29(4-2)19-27(32)30-24-13-9-8-12-23(24)28-26(31)18-25(30)20-14-16-22(17-15-20)33-21-10-6-5-7-11-21/h5-17,25H,3-4,18-19H2,1-2H3,(H,28,31). The van der Waals surface area contributed by atoms with Gasteiger partial charge >= 0.3 is 0 Å². The van der Waals surface area contributed by atoms with E-state index in [1.807, 2.05) is 59.5 Å². The lowest BCUT2D eigenvalue weighted by Crippen LogP contribution is -2.42. The molecule has 0 aromatic heterocycles. The van der Waals surface area contributed by atoms with Gasteiger partial charge in [-0.15, -0.1) is 0 Å². The number of hydrogen-bond donors (Lipinski definition) is 1. The van der Waals surface area contributed by atoms with Gasteiger partial charge in [0, 0.05) is 9.79 Å². The van der Waals surface area contributed by atoms with Crippen LogP contribution in [0.2, 0.25) is 0 Å². The van der Waals surface area contributed by atoms with E-state index in [0.29, 0.717) is 12.2 Å². The molecule has 3 aromatic carbocycles. The fourth-order valence-corrected chi connectivity index (χ4v) is 4.94. The number of hydrogen-bond acceptors (Lipinski definition) is 4. The molecule has 6 heteroatoms. The largest absolute Gasteiger partial charge is 0.324 e. The molecule has 0 bridgehead atoms. The van der Waals surface area contributed by atoms with Crippen LogP contribution in [0.1, 0.15) is 31.9 Å². The third-order valence-electron chi connectivity index (χ3n) is 5.89. The van der Waals surface area contributed by atoms with Gasteiger partial charge in [-0.1, -0.05) is 68.1 Å². The lowest BCUT2D eigenvalue weighted by Gasteiger charge is -2.32. The van der Waals surface area contributed by atoms with Crippen LogP contribution in [0.15, 0.2) is 88.7 Å². The molecule has 1 aliphatic rings. The van der Waals surface area contributed by atoms with Gasteiger partial charge < -0.3 is 10.2 Å². The molecule has 0 saturated heterocycles. The molecule has 0 spiro atoms. The van der Waals surface area contributed by atoms with E-state index >= 15 is 0 Å². The van der Waals surface area contributed by atoms with Crippen LogP contribution in [0.25, 0.3) is 0 Å². The third-order valence-corrected chi connectivity index (χ3v) is 6.91. The van der Waals surface area contributed by atoms with Crippen LogP contribution >= 0.6 is 11.8 Å². The second-order valence-electron chi connectivity index (χ2n) is 7.99. The van der Waals surface area contributed by atoms with Gasteiger partial charge in [-0.3, -0.25) is 14.5 Å². The fourth-order valence-electron chi connectivity index (χ4n) is 4.10. The average molecular weight is 460 g/mol. The Balaban J connectivity index is 1.67. The van der Waals surface area contributed by atoms with Crippen molar-refractivity contribution in [2.75, 3.05) is 29.9 Å². The zero-order valence-electron chi connectivity index (χ0n) is 19.0. The molecule has 5 nitrogen and oxygen atoms in total. The van der Waals surface area contributed by atoms with Gasteiger partial charge in [0.2, 0.25) is 11.8 Å². The monoisotopic (exact) mass is 459 g/mol. The van der Waals surface area contributed by atoms with Crippen molar-refractivity contribution in [3.63, 3.8) is 0 Å². The summed E-state index contributed by atoms with van der Waals surface area (Å²) < 4.78 is 0. The van der Waals surface area contributed by atoms with E-state index in [1.165, 1.54) is 4.90 Å². The summed E-state index contributed by atoms with van der Waals surface area (Å²) in [5.74, 6) is -0.0938. The molecular formula is C27H29N3O2S. The van der Waals surface area contributed by atoms with Gasteiger partial charge in [0.1, 0.15) is 0 Å². The summed E-state index contributed by atoms with van der Waals surface area (Å²) >= 11 is 1.69. The maximum absolute atomic E-state index is 13.6. The summed E-state index contributed by atoms with van der Waals surface area (Å²) in [6.07, 6.45) is 0.212. The summed E-state index contributed by atoms with van der Waals surface area (Å²) in [6.45, 7) is 6.02. The van der Waals surface area contributed by atoms with Crippen LogP contribution in [0.5, 0.6) is 0 Å². The van der Waals surface area contributed by atoms with Crippen molar-refractivity contribution in [3.8, 4) is 0 Å². The minimum atomic E-state index is -0.368. The lowest BCUT2D eigenvalue weighted by atomic mass is 10.0. The highest BCUT2D eigenvalue weighted by atomic mass is 32.2. The summed E-state index contributed by atoms with van der Waals surface area (Å²) in [6, 6.07) is 25.6. The van der Waals surface area contributed by atoms with Crippen LogP contribution < -0.4 is 10.2 Å². The quantitative estimate of drug-likeness (QED) is 0.500. The van der Waals surface area contributed by atoms with Crippen LogP contribution in [-0.2, 0) is 9.59 Å². The molecule has 1 atom stereocenters. The fraction of sp³-hybridized carbons (Fsp3) is 0.259. The number of anilines is 2. The highest BCUT2D eigenvalue weighted by Gasteiger charge is 2.33. The van der Waals surface area contributed by atoms with E-state index in [2.05, 4.69) is 48.3 Å². The average Bonchev–Trinajstić information content (AvgIpc) is 2.99. The molecule has 1 heterocycles. The minimum absolute atomic E-state index is 0.00427. The highest BCUT2D eigenvalue weighted by Crippen LogP contribution is 2.39. The molecule has 0 aliphatic carbocycles. The number of nitrogens with zero attached hydrogens (tertiary/aromatic N) is 2. The van der Waals surface area contributed by atoms with Crippen molar-refractivity contribution >= 4 is 35.0 Å².